The van der Waals surface area contributed by atoms with Crippen LogP contribution in [0.2, 0.25) is 0 Å². The standard InChI is InChI=1S/C21H17N3O3S/c1-27-17(25)12-16-20(26)24-19(13-6-3-2-4-7-13)14-9-11-23-10-5-8-15(23)18(14)22-21(24)28-16/h2-8,10,12,19H,9,11H2,1H3/b16-12-. The van der Waals surface area contributed by atoms with Crippen molar-refractivity contribution in [2.45, 2.75) is 19.0 Å². The molecule has 0 bridgehead atoms. The van der Waals surface area contributed by atoms with E-state index >= 15 is 0 Å². The number of esters is 1. The molecule has 7 heteroatoms. The van der Waals surface area contributed by atoms with Crippen molar-refractivity contribution in [3.05, 3.63) is 85.2 Å². The third-order valence-electron chi connectivity index (χ3n) is 5.20. The minimum Gasteiger partial charge on any atom is -0.466 e. The summed E-state index contributed by atoms with van der Waals surface area (Å²) in [5, 5.41) is 0. The number of methoxy groups -OCH3 is 1. The van der Waals surface area contributed by atoms with Crippen molar-refractivity contribution in [3.63, 3.8) is 0 Å². The fraction of sp³-hybridized carbons (Fsp3) is 0.190. The van der Waals surface area contributed by atoms with Gasteiger partial charge in [0.25, 0.3) is 5.56 Å². The molecule has 5 rings (SSSR count). The number of ether oxygens (including phenoxy) is 1. The van der Waals surface area contributed by atoms with E-state index in [-0.39, 0.29) is 11.6 Å². The number of aryl methyl sites for hydroxylation is 1. The van der Waals surface area contributed by atoms with Gasteiger partial charge in [-0.3, -0.25) is 9.36 Å². The number of thiazole rings is 1. The quantitative estimate of drug-likeness (QED) is 0.625. The zero-order valence-corrected chi connectivity index (χ0v) is 16.0. The molecule has 1 atom stereocenters. The molecular weight excluding hydrogens is 374 g/mol. The summed E-state index contributed by atoms with van der Waals surface area (Å²) in [4.78, 5) is 30.3. The number of hydrogen-bond donors (Lipinski definition) is 0. The van der Waals surface area contributed by atoms with E-state index < -0.39 is 5.97 Å². The molecule has 2 aliphatic rings. The molecule has 0 radical (unpaired) electrons. The van der Waals surface area contributed by atoms with Crippen molar-refractivity contribution >= 4 is 29.1 Å². The van der Waals surface area contributed by atoms with Gasteiger partial charge in [0.2, 0.25) is 0 Å². The van der Waals surface area contributed by atoms with E-state index in [1.807, 2.05) is 36.4 Å². The van der Waals surface area contributed by atoms with Crippen LogP contribution in [0.4, 0.5) is 0 Å². The van der Waals surface area contributed by atoms with Gasteiger partial charge in [-0.05, 0) is 29.7 Å². The van der Waals surface area contributed by atoms with Crippen molar-refractivity contribution in [2.24, 2.45) is 4.99 Å². The monoisotopic (exact) mass is 391 g/mol. The van der Waals surface area contributed by atoms with E-state index in [2.05, 4.69) is 16.8 Å². The second-order valence-electron chi connectivity index (χ2n) is 6.73. The van der Waals surface area contributed by atoms with Gasteiger partial charge in [0.15, 0.2) is 4.80 Å². The van der Waals surface area contributed by atoms with Gasteiger partial charge in [-0.1, -0.05) is 41.7 Å². The van der Waals surface area contributed by atoms with Crippen LogP contribution in [0.1, 0.15) is 23.7 Å². The second kappa shape index (κ2) is 6.45. The van der Waals surface area contributed by atoms with Crippen LogP contribution in [0.15, 0.2) is 64.0 Å². The largest absolute Gasteiger partial charge is 0.466 e. The highest BCUT2D eigenvalue weighted by Gasteiger charge is 2.32. The third-order valence-corrected chi connectivity index (χ3v) is 6.18. The van der Waals surface area contributed by atoms with E-state index in [0.29, 0.717) is 9.33 Å². The van der Waals surface area contributed by atoms with Gasteiger partial charge in [0, 0.05) is 18.8 Å². The zero-order chi connectivity index (χ0) is 19.3. The maximum Gasteiger partial charge on any atom is 0.332 e. The maximum atomic E-state index is 13.2. The average molecular weight is 391 g/mol. The summed E-state index contributed by atoms with van der Waals surface area (Å²) < 4.78 is 8.94. The smallest absolute Gasteiger partial charge is 0.332 e. The Bertz CT molecular complexity index is 1290. The Morgan fingerprint density at radius 3 is 2.86 bits per heavy atom. The first-order chi connectivity index (χ1) is 13.7. The van der Waals surface area contributed by atoms with Crippen LogP contribution >= 0.6 is 11.3 Å². The Balaban J connectivity index is 1.83. The van der Waals surface area contributed by atoms with Gasteiger partial charge in [-0.15, -0.1) is 0 Å². The van der Waals surface area contributed by atoms with Gasteiger partial charge in [-0.25, -0.2) is 9.79 Å². The number of allylic oxidation sites excluding steroid dienone is 1. The predicted octanol–water partition coefficient (Wildman–Crippen LogP) is 1.70. The molecule has 3 aromatic rings. The maximum absolute atomic E-state index is 13.2. The summed E-state index contributed by atoms with van der Waals surface area (Å²) in [7, 11) is 1.30. The van der Waals surface area contributed by atoms with Gasteiger partial charge in [-0.2, -0.15) is 0 Å². The topological polar surface area (TPSA) is 65.6 Å². The molecule has 28 heavy (non-hydrogen) atoms. The molecule has 1 unspecified atom stereocenters. The van der Waals surface area contributed by atoms with E-state index in [1.54, 1.807) is 4.57 Å². The number of hydrogen-bond acceptors (Lipinski definition) is 5. The molecule has 0 aliphatic carbocycles. The molecule has 4 heterocycles. The summed E-state index contributed by atoms with van der Waals surface area (Å²) in [5.41, 5.74) is 3.95. The average Bonchev–Trinajstić information content (AvgIpc) is 3.32. The minimum atomic E-state index is -0.542. The molecule has 2 aromatic heterocycles. The molecule has 0 spiro atoms. The van der Waals surface area contributed by atoms with E-state index in [1.165, 1.54) is 24.5 Å². The number of benzene rings is 1. The lowest BCUT2D eigenvalue weighted by Gasteiger charge is -2.30. The van der Waals surface area contributed by atoms with Crippen molar-refractivity contribution in [1.82, 2.24) is 9.13 Å². The van der Waals surface area contributed by atoms with Crippen LogP contribution in [0.3, 0.4) is 0 Å². The highest BCUT2D eigenvalue weighted by Crippen LogP contribution is 2.39. The van der Waals surface area contributed by atoms with Crippen LogP contribution in [0, 0.1) is 0 Å². The molecule has 0 saturated heterocycles. The number of carbonyl (C=O) groups is 1. The summed E-state index contributed by atoms with van der Waals surface area (Å²) >= 11 is 1.22. The summed E-state index contributed by atoms with van der Waals surface area (Å²) in [5.74, 6) is -0.542. The SMILES string of the molecule is COC(=O)/C=c1\sc2n(c1=O)C(c1ccccc1)C1=C(N=2)c2cccn2CC1. The molecule has 2 aliphatic heterocycles. The first-order valence-corrected chi connectivity index (χ1v) is 9.82. The van der Waals surface area contributed by atoms with Gasteiger partial charge >= 0.3 is 5.97 Å². The Hall–Kier alpha value is -3.19. The van der Waals surface area contributed by atoms with Crippen molar-refractivity contribution in [3.8, 4) is 0 Å². The van der Waals surface area contributed by atoms with Gasteiger partial charge in [0.1, 0.15) is 4.53 Å². The molecule has 0 saturated carbocycles. The molecule has 0 amide bonds. The Kier molecular flexibility index (Phi) is 3.91. The molecule has 140 valence electrons. The van der Waals surface area contributed by atoms with Crippen LogP contribution < -0.4 is 14.9 Å². The molecule has 1 aromatic carbocycles. The Labute approximate surface area is 164 Å². The fourth-order valence-corrected chi connectivity index (χ4v) is 4.90. The molecule has 0 fully saturated rings. The summed E-state index contributed by atoms with van der Waals surface area (Å²) in [6.07, 6.45) is 4.12. The first kappa shape index (κ1) is 16.9. The van der Waals surface area contributed by atoms with E-state index in [0.717, 1.165) is 35.5 Å². The Morgan fingerprint density at radius 2 is 2.07 bits per heavy atom. The van der Waals surface area contributed by atoms with Crippen LogP contribution in [0.5, 0.6) is 0 Å². The van der Waals surface area contributed by atoms with Crippen molar-refractivity contribution in [1.29, 1.82) is 0 Å². The molecule has 0 N–H and O–H groups in total. The summed E-state index contributed by atoms with van der Waals surface area (Å²) in [6, 6.07) is 13.8. The summed E-state index contributed by atoms with van der Waals surface area (Å²) in [6.45, 7) is 0.857. The normalized spacial score (nSPS) is 18.2. The van der Waals surface area contributed by atoms with E-state index in [9.17, 15) is 9.59 Å². The zero-order valence-electron chi connectivity index (χ0n) is 15.2. The highest BCUT2D eigenvalue weighted by molar-refractivity contribution is 7.07. The van der Waals surface area contributed by atoms with Crippen LogP contribution in [-0.4, -0.2) is 22.2 Å². The fourth-order valence-electron chi connectivity index (χ4n) is 3.94. The third kappa shape index (κ3) is 2.51. The van der Waals surface area contributed by atoms with Crippen molar-refractivity contribution < 1.29 is 9.53 Å². The van der Waals surface area contributed by atoms with Crippen molar-refractivity contribution in [2.75, 3.05) is 7.11 Å². The number of carbonyl (C=O) groups excluding carboxylic acids is 1. The predicted molar refractivity (Wildman–Crippen MR) is 106 cm³/mol. The lowest BCUT2D eigenvalue weighted by Crippen LogP contribution is -2.39. The first-order valence-electron chi connectivity index (χ1n) is 9.00. The lowest BCUT2D eigenvalue weighted by molar-refractivity contribution is -0.133. The second-order valence-corrected chi connectivity index (χ2v) is 7.74. The number of rotatable bonds is 2. The molecular formula is C21H17N3O3S. The highest BCUT2D eigenvalue weighted by atomic mass is 32.1. The lowest BCUT2D eigenvalue weighted by atomic mass is 9.91. The number of fused-ring (bicyclic) bond motifs is 3. The molecule has 6 nitrogen and oxygen atoms in total. The van der Waals surface area contributed by atoms with Gasteiger partial charge < -0.3 is 9.30 Å². The van der Waals surface area contributed by atoms with E-state index in [4.69, 9.17) is 9.73 Å². The van der Waals surface area contributed by atoms with Crippen LogP contribution in [0.25, 0.3) is 11.8 Å². The minimum absolute atomic E-state index is 0.212. The number of aromatic nitrogens is 2. The number of nitrogens with zero attached hydrogens (tertiary/aromatic N) is 3. The Morgan fingerprint density at radius 1 is 1.25 bits per heavy atom. The van der Waals surface area contributed by atoms with Gasteiger partial charge in [0.05, 0.1) is 24.5 Å². The van der Waals surface area contributed by atoms with Crippen LogP contribution in [-0.2, 0) is 16.1 Å².